The summed E-state index contributed by atoms with van der Waals surface area (Å²) in [6, 6.07) is 0.350. The van der Waals surface area contributed by atoms with Crippen LogP contribution in [0.5, 0.6) is 0 Å². The SMILES string of the molecule is CCCCC[C@H](O)/C=C/C=C\C/C=C\C/C=C\CCCC(=O)NNC(=O)CCCC[C@@H]1SC[C@@H]2NC(=O)N[C@H]21. The van der Waals surface area contributed by atoms with E-state index in [2.05, 4.69) is 58.8 Å². The number of hydrogen-bond acceptors (Lipinski definition) is 5. The molecular weight excluding hydrogens is 512 g/mol. The topological polar surface area (TPSA) is 120 Å². The molecule has 4 atom stereocenters. The van der Waals surface area contributed by atoms with Gasteiger partial charge in [-0.3, -0.25) is 20.4 Å². The summed E-state index contributed by atoms with van der Waals surface area (Å²) in [5.74, 6) is 0.591. The van der Waals surface area contributed by atoms with Crippen molar-refractivity contribution in [1.29, 1.82) is 0 Å². The first-order chi connectivity index (χ1) is 19.0. The maximum Gasteiger partial charge on any atom is 0.315 e. The summed E-state index contributed by atoms with van der Waals surface area (Å²) in [7, 11) is 0. The maximum atomic E-state index is 12.0. The number of hydrogen-bond donors (Lipinski definition) is 5. The Balaban J connectivity index is 1.39. The fourth-order valence-corrected chi connectivity index (χ4v) is 6.08. The number of carbonyl (C=O) groups excluding carboxylic acids is 3. The predicted molar refractivity (Wildman–Crippen MR) is 160 cm³/mol. The fraction of sp³-hybridized carbons (Fsp3) is 0.633. The zero-order valence-corrected chi connectivity index (χ0v) is 24.2. The van der Waals surface area contributed by atoms with Gasteiger partial charge in [-0.15, -0.1) is 0 Å². The van der Waals surface area contributed by atoms with Gasteiger partial charge in [0.15, 0.2) is 0 Å². The zero-order chi connectivity index (χ0) is 28.1. The van der Waals surface area contributed by atoms with Crippen molar-refractivity contribution in [2.45, 2.75) is 114 Å². The molecule has 0 unspecified atom stereocenters. The Labute approximate surface area is 238 Å². The van der Waals surface area contributed by atoms with Gasteiger partial charge in [-0.1, -0.05) is 81.2 Å². The van der Waals surface area contributed by atoms with Gasteiger partial charge in [0.25, 0.3) is 0 Å². The molecule has 39 heavy (non-hydrogen) atoms. The number of thioether (sulfide) groups is 1. The van der Waals surface area contributed by atoms with E-state index in [1.807, 2.05) is 30.0 Å². The number of rotatable bonds is 19. The third-order valence-electron chi connectivity index (χ3n) is 6.76. The number of urea groups is 1. The summed E-state index contributed by atoms with van der Waals surface area (Å²) in [5, 5.41) is 16.1. The van der Waals surface area contributed by atoms with E-state index in [1.165, 1.54) is 12.8 Å². The number of amides is 4. The monoisotopic (exact) mass is 560 g/mol. The molecule has 2 saturated heterocycles. The predicted octanol–water partition coefficient (Wildman–Crippen LogP) is 4.98. The fourth-order valence-electron chi connectivity index (χ4n) is 4.53. The van der Waals surface area contributed by atoms with Crippen molar-refractivity contribution in [3.05, 3.63) is 48.6 Å². The Kier molecular flexibility index (Phi) is 17.1. The van der Waals surface area contributed by atoms with Crippen LogP contribution in [-0.2, 0) is 9.59 Å². The van der Waals surface area contributed by atoms with Crippen molar-refractivity contribution >= 4 is 29.6 Å². The lowest BCUT2D eigenvalue weighted by atomic mass is 10.0. The third kappa shape index (κ3) is 15.0. The van der Waals surface area contributed by atoms with Gasteiger partial charge in [-0.25, -0.2) is 4.79 Å². The van der Waals surface area contributed by atoms with Gasteiger partial charge in [-0.2, -0.15) is 11.8 Å². The molecule has 0 aromatic heterocycles. The molecule has 0 aliphatic carbocycles. The van der Waals surface area contributed by atoms with Crippen LogP contribution in [0.25, 0.3) is 0 Å². The number of carbonyl (C=O) groups is 3. The molecule has 2 aliphatic rings. The normalized spacial score (nSPS) is 21.6. The van der Waals surface area contributed by atoms with E-state index in [4.69, 9.17) is 0 Å². The van der Waals surface area contributed by atoms with Crippen LogP contribution < -0.4 is 21.5 Å². The summed E-state index contributed by atoms with van der Waals surface area (Å²) in [6.07, 6.45) is 26.7. The van der Waals surface area contributed by atoms with Crippen molar-refractivity contribution in [1.82, 2.24) is 21.5 Å². The molecule has 4 amide bonds. The summed E-state index contributed by atoms with van der Waals surface area (Å²) in [5.41, 5.74) is 5.00. The molecule has 0 bridgehead atoms. The van der Waals surface area contributed by atoms with Gasteiger partial charge >= 0.3 is 6.03 Å². The molecular formula is C30H48N4O4S. The highest BCUT2D eigenvalue weighted by Crippen LogP contribution is 2.33. The number of fused-ring (bicyclic) bond motifs is 1. The lowest BCUT2D eigenvalue weighted by molar-refractivity contribution is -0.129. The molecule has 2 rings (SSSR count). The molecule has 2 heterocycles. The molecule has 0 spiro atoms. The van der Waals surface area contributed by atoms with Crippen LogP contribution in [-0.4, -0.2) is 52.1 Å². The van der Waals surface area contributed by atoms with E-state index in [9.17, 15) is 19.5 Å². The van der Waals surface area contributed by atoms with Crippen molar-refractivity contribution < 1.29 is 19.5 Å². The number of aliphatic hydroxyl groups excluding tert-OH is 1. The first-order valence-electron chi connectivity index (χ1n) is 14.6. The molecule has 8 nitrogen and oxygen atoms in total. The molecule has 0 radical (unpaired) electrons. The van der Waals surface area contributed by atoms with Crippen molar-refractivity contribution in [3.8, 4) is 0 Å². The minimum Gasteiger partial charge on any atom is -0.389 e. The minimum absolute atomic E-state index is 0.0756. The lowest BCUT2D eigenvalue weighted by Crippen LogP contribution is -2.41. The van der Waals surface area contributed by atoms with Gasteiger partial charge < -0.3 is 15.7 Å². The van der Waals surface area contributed by atoms with E-state index in [1.54, 1.807) is 0 Å². The largest absolute Gasteiger partial charge is 0.389 e. The van der Waals surface area contributed by atoms with E-state index < -0.39 is 0 Å². The van der Waals surface area contributed by atoms with Crippen molar-refractivity contribution in [2.24, 2.45) is 0 Å². The Morgan fingerprint density at radius 3 is 2.44 bits per heavy atom. The second-order valence-corrected chi connectivity index (χ2v) is 11.4. The van der Waals surface area contributed by atoms with Crippen LogP contribution >= 0.6 is 11.8 Å². The van der Waals surface area contributed by atoms with Crippen LogP contribution in [0, 0.1) is 0 Å². The van der Waals surface area contributed by atoms with Gasteiger partial charge in [0, 0.05) is 23.8 Å². The quantitative estimate of drug-likeness (QED) is 0.0502. The highest BCUT2D eigenvalue weighted by Gasteiger charge is 2.42. The minimum atomic E-state index is -0.348. The number of aliphatic hydroxyl groups is 1. The Morgan fingerprint density at radius 1 is 0.949 bits per heavy atom. The van der Waals surface area contributed by atoms with E-state index in [-0.39, 0.29) is 36.0 Å². The molecule has 5 N–H and O–H groups in total. The Hall–Kier alpha value is -2.52. The Morgan fingerprint density at radius 2 is 1.67 bits per heavy atom. The van der Waals surface area contributed by atoms with Gasteiger partial charge in [0.05, 0.1) is 18.2 Å². The molecule has 2 fully saturated rings. The molecule has 218 valence electrons. The van der Waals surface area contributed by atoms with Crippen LogP contribution in [0.15, 0.2) is 48.6 Å². The Bertz CT molecular complexity index is 858. The van der Waals surface area contributed by atoms with Crippen molar-refractivity contribution in [3.63, 3.8) is 0 Å². The standard InChI is InChI=1S/C30H48N4O4S/c1-2-3-13-18-24(35)19-14-11-9-7-5-4-6-8-10-12-15-21-27(36)33-34-28(37)22-17-16-20-26-29-25(23-39-26)31-30(38)32-29/h4-5,8-11,14,19,24-26,29,35H,2-3,6-7,12-13,15-18,20-23H2,1H3,(H,33,36)(H,34,37)(H2,31,32,38)/b5-4-,10-8-,11-9-,19-14+/t24-,25-,26-,29+/m0/s1. The van der Waals surface area contributed by atoms with Crippen LogP contribution in [0.2, 0.25) is 0 Å². The average Bonchev–Trinajstić information content (AvgIpc) is 3.47. The number of unbranched alkanes of at least 4 members (excludes halogenated alkanes) is 4. The third-order valence-corrected chi connectivity index (χ3v) is 8.27. The molecule has 0 saturated carbocycles. The van der Waals surface area contributed by atoms with Crippen LogP contribution in [0.1, 0.15) is 90.4 Å². The molecule has 0 aromatic carbocycles. The first kappa shape index (κ1) is 32.7. The van der Waals surface area contributed by atoms with Crippen LogP contribution in [0.3, 0.4) is 0 Å². The summed E-state index contributed by atoms with van der Waals surface area (Å²) < 4.78 is 0. The van der Waals surface area contributed by atoms with E-state index in [0.29, 0.717) is 18.1 Å². The second kappa shape index (κ2) is 20.4. The van der Waals surface area contributed by atoms with Gasteiger partial charge in [0.1, 0.15) is 0 Å². The second-order valence-electron chi connectivity index (χ2n) is 10.1. The van der Waals surface area contributed by atoms with E-state index in [0.717, 1.165) is 63.5 Å². The lowest BCUT2D eigenvalue weighted by Gasteiger charge is -2.16. The van der Waals surface area contributed by atoms with Crippen LogP contribution in [0.4, 0.5) is 4.79 Å². The summed E-state index contributed by atoms with van der Waals surface area (Å²) >= 11 is 1.88. The van der Waals surface area contributed by atoms with E-state index >= 15 is 0 Å². The van der Waals surface area contributed by atoms with Gasteiger partial charge in [0.2, 0.25) is 11.8 Å². The number of allylic oxidation sites excluding steroid dienone is 7. The highest BCUT2D eigenvalue weighted by atomic mass is 32.2. The highest BCUT2D eigenvalue weighted by molar-refractivity contribution is 8.00. The summed E-state index contributed by atoms with van der Waals surface area (Å²) in [4.78, 5) is 35.3. The maximum absolute atomic E-state index is 12.0. The van der Waals surface area contributed by atoms with Gasteiger partial charge in [-0.05, 0) is 44.9 Å². The average molecular weight is 561 g/mol. The smallest absolute Gasteiger partial charge is 0.315 e. The molecule has 9 heteroatoms. The summed E-state index contributed by atoms with van der Waals surface area (Å²) in [6.45, 7) is 2.16. The first-order valence-corrected chi connectivity index (χ1v) is 15.6. The van der Waals surface area contributed by atoms with Crippen molar-refractivity contribution in [2.75, 3.05) is 5.75 Å². The molecule has 2 aliphatic heterocycles. The number of hydrazine groups is 1. The molecule has 0 aromatic rings. The zero-order valence-electron chi connectivity index (χ0n) is 23.4. The number of nitrogens with one attached hydrogen (secondary N) is 4.